The van der Waals surface area contributed by atoms with Gasteiger partial charge in [-0.2, -0.15) is 0 Å². The van der Waals surface area contributed by atoms with Crippen LogP contribution in [0.1, 0.15) is 24.5 Å². The second kappa shape index (κ2) is 4.78. The molecule has 0 aliphatic heterocycles. The summed E-state index contributed by atoms with van der Waals surface area (Å²) >= 11 is 0. The highest BCUT2D eigenvalue weighted by molar-refractivity contribution is 5.90. The Morgan fingerprint density at radius 1 is 1.29 bits per heavy atom. The molecule has 2 rings (SSSR count). The molecular weight excluding hydrogens is 216 g/mol. The summed E-state index contributed by atoms with van der Waals surface area (Å²) in [5.74, 6) is -0.0720. The van der Waals surface area contributed by atoms with Gasteiger partial charge in [-0.3, -0.25) is 4.79 Å². The maximum Gasteiger partial charge on any atom is 0.291 e. The van der Waals surface area contributed by atoms with E-state index in [4.69, 9.17) is 0 Å². The molecule has 88 valence electrons. The summed E-state index contributed by atoms with van der Waals surface area (Å²) in [6.45, 7) is 3.79. The third-order valence-corrected chi connectivity index (χ3v) is 2.14. The average molecular weight is 230 g/mol. The Balaban J connectivity index is 2.19. The van der Waals surface area contributed by atoms with E-state index >= 15 is 0 Å². The van der Waals surface area contributed by atoms with Crippen molar-refractivity contribution in [1.29, 1.82) is 0 Å². The summed E-state index contributed by atoms with van der Waals surface area (Å²) in [6, 6.07) is 9.62. The van der Waals surface area contributed by atoms with Crippen molar-refractivity contribution in [2.75, 3.05) is 0 Å². The molecule has 17 heavy (non-hydrogen) atoms. The van der Waals surface area contributed by atoms with Crippen LogP contribution >= 0.6 is 0 Å². The van der Waals surface area contributed by atoms with Crippen LogP contribution in [-0.2, 0) is 0 Å². The van der Waals surface area contributed by atoms with Crippen LogP contribution in [0.4, 0.5) is 0 Å². The molecule has 0 fully saturated rings. The first-order valence-electron chi connectivity index (χ1n) is 5.45. The van der Waals surface area contributed by atoms with Crippen LogP contribution < -0.4 is 5.32 Å². The van der Waals surface area contributed by atoms with Gasteiger partial charge in [-0.1, -0.05) is 18.2 Å². The molecule has 0 spiro atoms. The predicted octanol–water partition coefficient (Wildman–Crippen LogP) is 1.41. The monoisotopic (exact) mass is 230 g/mol. The topological polar surface area (TPSA) is 59.8 Å². The SMILES string of the molecule is CC(C)NC(=O)c1ncn(-c2ccccc2)n1. The number of carbonyl (C=O) groups is 1. The second-order valence-corrected chi connectivity index (χ2v) is 3.98. The second-order valence-electron chi connectivity index (χ2n) is 3.98. The van der Waals surface area contributed by atoms with Crippen molar-refractivity contribution in [2.45, 2.75) is 19.9 Å². The Bertz CT molecular complexity index is 504. The van der Waals surface area contributed by atoms with Crippen LogP contribution in [0.25, 0.3) is 5.69 Å². The van der Waals surface area contributed by atoms with Crippen molar-refractivity contribution in [1.82, 2.24) is 20.1 Å². The summed E-state index contributed by atoms with van der Waals surface area (Å²) in [5, 5.41) is 6.87. The highest BCUT2D eigenvalue weighted by Gasteiger charge is 2.12. The van der Waals surface area contributed by atoms with Crippen molar-refractivity contribution in [3.8, 4) is 5.69 Å². The lowest BCUT2D eigenvalue weighted by Crippen LogP contribution is -2.31. The minimum atomic E-state index is -0.255. The van der Waals surface area contributed by atoms with Crippen molar-refractivity contribution >= 4 is 5.91 Å². The van der Waals surface area contributed by atoms with Crippen LogP contribution in [-0.4, -0.2) is 26.7 Å². The number of nitrogens with zero attached hydrogens (tertiary/aromatic N) is 3. The highest BCUT2D eigenvalue weighted by Crippen LogP contribution is 2.04. The fourth-order valence-corrected chi connectivity index (χ4v) is 1.40. The van der Waals surface area contributed by atoms with Crippen molar-refractivity contribution in [3.05, 3.63) is 42.5 Å². The number of amides is 1. The lowest BCUT2D eigenvalue weighted by atomic mass is 10.3. The molecule has 2 aromatic rings. The number of carbonyl (C=O) groups excluding carboxylic acids is 1. The van der Waals surface area contributed by atoms with Gasteiger partial charge >= 0.3 is 0 Å². The number of para-hydroxylation sites is 1. The number of aromatic nitrogens is 3. The van der Waals surface area contributed by atoms with Gasteiger partial charge in [0.25, 0.3) is 5.91 Å². The minimum absolute atomic E-state index is 0.0752. The Labute approximate surface area is 99.5 Å². The maximum absolute atomic E-state index is 11.7. The smallest absolute Gasteiger partial charge is 0.291 e. The van der Waals surface area contributed by atoms with E-state index in [9.17, 15) is 4.79 Å². The van der Waals surface area contributed by atoms with E-state index in [2.05, 4.69) is 15.4 Å². The number of hydrogen-bond acceptors (Lipinski definition) is 3. The number of benzene rings is 1. The molecule has 0 radical (unpaired) electrons. The van der Waals surface area contributed by atoms with E-state index in [-0.39, 0.29) is 17.8 Å². The molecule has 1 aromatic carbocycles. The zero-order valence-corrected chi connectivity index (χ0v) is 9.79. The molecule has 1 N–H and O–H groups in total. The number of rotatable bonds is 3. The third kappa shape index (κ3) is 2.69. The Kier molecular flexibility index (Phi) is 3.18. The summed E-state index contributed by atoms with van der Waals surface area (Å²) < 4.78 is 1.58. The van der Waals surface area contributed by atoms with E-state index in [1.165, 1.54) is 6.33 Å². The van der Waals surface area contributed by atoms with Gasteiger partial charge in [-0.05, 0) is 26.0 Å². The summed E-state index contributed by atoms with van der Waals surface area (Å²) in [4.78, 5) is 15.6. The Morgan fingerprint density at radius 3 is 2.65 bits per heavy atom. The van der Waals surface area contributed by atoms with E-state index in [0.717, 1.165) is 5.69 Å². The Hall–Kier alpha value is -2.17. The van der Waals surface area contributed by atoms with Crippen LogP contribution in [0.15, 0.2) is 36.7 Å². The van der Waals surface area contributed by atoms with Crippen LogP contribution in [0, 0.1) is 0 Å². The predicted molar refractivity (Wildman–Crippen MR) is 64.0 cm³/mol. The maximum atomic E-state index is 11.7. The van der Waals surface area contributed by atoms with Gasteiger partial charge in [0.2, 0.25) is 5.82 Å². The molecule has 1 aromatic heterocycles. The molecule has 5 nitrogen and oxygen atoms in total. The van der Waals surface area contributed by atoms with Gasteiger partial charge in [0, 0.05) is 6.04 Å². The normalized spacial score (nSPS) is 10.5. The molecule has 0 bridgehead atoms. The molecule has 0 aliphatic carbocycles. The fraction of sp³-hybridized carbons (Fsp3) is 0.250. The summed E-state index contributed by atoms with van der Waals surface area (Å²) in [7, 11) is 0. The zero-order chi connectivity index (χ0) is 12.3. The van der Waals surface area contributed by atoms with E-state index in [1.807, 2.05) is 44.2 Å². The standard InChI is InChI=1S/C12H14N4O/c1-9(2)14-12(17)11-13-8-16(15-11)10-6-4-3-5-7-10/h3-9H,1-2H3,(H,14,17). The fourth-order valence-electron chi connectivity index (χ4n) is 1.40. The molecule has 0 saturated carbocycles. The molecule has 0 aliphatic rings. The van der Waals surface area contributed by atoms with Gasteiger partial charge in [-0.25, -0.2) is 9.67 Å². The molecule has 1 heterocycles. The average Bonchev–Trinajstić information content (AvgIpc) is 2.78. The van der Waals surface area contributed by atoms with Gasteiger partial charge in [0.05, 0.1) is 5.69 Å². The molecule has 1 amide bonds. The Morgan fingerprint density at radius 2 is 2.00 bits per heavy atom. The van der Waals surface area contributed by atoms with Gasteiger partial charge in [0.15, 0.2) is 0 Å². The lowest BCUT2D eigenvalue weighted by molar-refractivity contribution is 0.0932. The zero-order valence-electron chi connectivity index (χ0n) is 9.79. The molecule has 0 unspecified atom stereocenters. The quantitative estimate of drug-likeness (QED) is 0.867. The summed E-state index contributed by atoms with van der Waals surface area (Å²) in [6.07, 6.45) is 1.53. The molecule has 0 atom stereocenters. The van der Waals surface area contributed by atoms with E-state index in [1.54, 1.807) is 4.68 Å². The molecular formula is C12H14N4O. The van der Waals surface area contributed by atoms with Gasteiger partial charge in [-0.15, -0.1) is 5.10 Å². The first-order chi connectivity index (χ1) is 8.16. The number of hydrogen-bond donors (Lipinski definition) is 1. The largest absolute Gasteiger partial charge is 0.347 e. The van der Waals surface area contributed by atoms with Crippen LogP contribution in [0.2, 0.25) is 0 Å². The van der Waals surface area contributed by atoms with E-state index < -0.39 is 0 Å². The molecule has 5 heteroatoms. The van der Waals surface area contributed by atoms with E-state index in [0.29, 0.717) is 0 Å². The van der Waals surface area contributed by atoms with Crippen molar-refractivity contribution < 1.29 is 4.79 Å². The first-order valence-corrected chi connectivity index (χ1v) is 5.45. The van der Waals surface area contributed by atoms with Crippen molar-refractivity contribution in [2.24, 2.45) is 0 Å². The first kappa shape index (κ1) is 11.3. The minimum Gasteiger partial charge on any atom is -0.347 e. The van der Waals surface area contributed by atoms with Gasteiger partial charge in [0.1, 0.15) is 6.33 Å². The van der Waals surface area contributed by atoms with Crippen LogP contribution in [0.3, 0.4) is 0 Å². The third-order valence-electron chi connectivity index (χ3n) is 2.14. The number of nitrogens with one attached hydrogen (secondary N) is 1. The van der Waals surface area contributed by atoms with Crippen LogP contribution in [0.5, 0.6) is 0 Å². The summed E-state index contributed by atoms with van der Waals surface area (Å²) in [5.41, 5.74) is 0.878. The highest BCUT2D eigenvalue weighted by atomic mass is 16.2. The lowest BCUT2D eigenvalue weighted by Gasteiger charge is -2.04. The molecule has 0 saturated heterocycles. The van der Waals surface area contributed by atoms with Gasteiger partial charge < -0.3 is 5.32 Å². The van der Waals surface area contributed by atoms with Crippen molar-refractivity contribution in [3.63, 3.8) is 0 Å².